The van der Waals surface area contributed by atoms with Crippen molar-refractivity contribution >= 4 is 58.0 Å². The quantitative estimate of drug-likeness (QED) is 0.0374. The van der Waals surface area contributed by atoms with Gasteiger partial charge in [-0.05, 0) is 12.8 Å². The molecule has 268 valence electrons. The van der Waals surface area contributed by atoms with E-state index in [2.05, 4.69) is 13.8 Å². The van der Waals surface area contributed by atoms with Crippen LogP contribution in [0.4, 0.5) is 0 Å². The Hall–Kier alpha value is 1.08. The van der Waals surface area contributed by atoms with Crippen molar-refractivity contribution in [2.45, 2.75) is 219 Å². The van der Waals surface area contributed by atoms with Gasteiger partial charge in [0.25, 0.3) is 0 Å². The molecule has 0 saturated carbocycles. The molecule has 0 aromatic rings. The first-order chi connectivity index (χ1) is 21.1. The van der Waals surface area contributed by atoms with Crippen LogP contribution in [-0.4, -0.2) is 75.2 Å². The second kappa shape index (κ2) is 39.5. The first-order valence-corrected chi connectivity index (χ1v) is 22.1. The molecule has 0 aromatic carbocycles. The van der Waals surface area contributed by atoms with E-state index in [4.69, 9.17) is 0 Å². The van der Waals surface area contributed by atoms with Crippen LogP contribution in [0, 0.1) is 0 Å². The van der Waals surface area contributed by atoms with Crippen molar-refractivity contribution in [2.75, 3.05) is 11.5 Å². The van der Waals surface area contributed by atoms with Crippen LogP contribution in [0.15, 0.2) is 0 Å². The predicted molar refractivity (Wildman–Crippen MR) is 194 cm³/mol. The molecule has 9 heteroatoms. The molecule has 0 aliphatic rings. The molecule has 0 atom stereocenters. The molecule has 45 heavy (non-hydrogen) atoms. The minimum absolute atomic E-state index is 0. The van der Waals surface area contributed by atoms with Gasteiger partial charge in [0.05, 0.1) is 20.2 Å². The van der Waals surface area contributed by atoms with Crippen LogP contribution in [0.5, 0.6) is 0 Å². The summed E-state index contributed by atoms with van der Waals surface area (Å²) in [6.45, 7) is 4.52. The zero-order chi connectivity index (χ0) is 33.0. The van der Waals surface area contributed by atoms with Gasteiger partial charge in [-0.15, -0.1) is 0 Å². The Morgan fingerprint density at radius 1 is 0.289 bits per heavy atom. The van der Waals surface area contributed by atoms with Crippen molar-refractivity contribution in [2.24, 2.45) is 0 Å². The molecule has 0 fully saturated rings. The summed E-state index contributed by atoms with van der Waals surface area (Å²) in [6.07, 6.45) is 40.1. The Kier molecular flexibility index (Phi) is 44.3. The zero-order valence-corrected chi connectivity index (χ0v) is 33.9. The van der Waals surface area contributed by atoms with E-state index in [0.717, 1.165) is 25.7 Å². The van der Waals surface area contributed by atoms with Gasteiger partial charge in [-0.2, -0.15) is 0 Å². The fourth-order valence-electron chi connectivity index (χ4n) is 5.65. The smallest absolute Gasteiger partial charge is 0.748 e. The summed E-state index contributed by atoms with van der Waals surface area (Å²) in [6, 6.07) is 0. The maximum absolute atomic E-state index is 10.4. The van der Waals surface area contributed by atoms with Gasteiger partial charge in [0.15, 0.2) is 0 Å². The van der Waals surface area contributed by atoms with Crippen molar-refractivity contribution in [3.63, 3.8) is 0 Å². The molecule has 0 saturated heterocycles. The van der Waals surface area contributed by atoms with Crippen molar-refractivity contribution in [3.8, 4) is 0 Å². The van der Waals surface area contributed by atoms with Crippen LogP contribution < -0.4 is 0 Å². The Balaban J connectivity index is -0.000000767. The Labute approximate surface area is 312 Å². The van der Waals surface area contributed by atoms with Gasteiger partial charge in [0.1, 0.15) is 0 Å². The third kappa shape index (κ3) is 54.8. The molecule has 0 rings (SSSR count). The maximum atomic E-state index is 10.4. The standard InChI is InChI=1S/2C18H38O3S.Ca/c2*1-2-3-4-5-6-7-8-9-10-11-12-13-14-15-16-17-18-22(19,20)21;/h2*2-18H2,1H3,(H,19,20,21);/q;;+2/p-2. The minimum atomic E-state index is -3.99. The number of unbranched alkanes of at least 4 members (excludes halogenated alkanes) is 30. The number of hydrogen-bond acceptors (Lipinski definition) is 6. The molecule has 0 bridgehead atoms. The first kappa shape index (κ1) is 50.5. The third-order valence-corrected chi connectivity index (χ3v) is 10.1. The molecular weight excluding hydrogens is 633 g/mol. The van der Waals surface area contributed by atoms with Gasteiger partial charge < -0.3 is 9.11 Å². The summed E-state index contributed by atoms with van der Waals surface area (Å²) in [7, 11) is -7.99. The SMILES string of the molecule is CCCCCCCCCCCCCCCCCCS(=O)(=O)[O-].CCCCCCCCCCCCCCCCCCS(=O)(=O)[O-].[Ca+2]. The summed E-state index contributed by atoms with van der Waals surface area (Å²) in [4.78, 5) is 0. The van der Waals surface area contributed by atoms with Gasteiger partial charge in [-0.1, -0.05) is 206 Å². The largest absolute Gasteiger partial charge is 2.00 e. The van der Waals surface area contributed by atoms with Crippen molar-refractivity contribution in [1.29, 1.82) is 0 Å². The average molecular weight is 707 g/mol. The van der Waals surface area contributed by atoms with E-state index in [1.54, 1.807) is 0 Å². The Morgan fingerprint density at radius 2 is 0.422 bits per heavy atom. The topological polar surface area (TPSA) is 114 Å². The molecule has 0 spiro atoms. The van der Waals surface area contributed by atoms with E-state index in [-0.39, 0.29) is 49.2 Å². The first-order valence-electron chi connectivity index (χ1n) is 19.0. The molecular formula is C36H74CaO6S2. The molecule has 0 amide bonds. The molecule has 0 N–H and O–H groups in total. The van der Waals surface area contributed by atoms with Crippen LogP contribution in [0.25, 0.3) is 0 Å². The van der Waals surface area contributed by atoms with E-state index < -0.39 is 20.2 Å². The summed E-state index contributed by atoms with van der Waals surface area (Å²) < 4.78 is 62.5. The summed E-state index contributed by atoms with van der Waals surface area (Å²) >= 11 is 0. The van der Waals surface area contributed by atoms with Crippen LogP contribution >= 0.6 is 0 Å². The average Bonchev–Trinajstić information content (AvgIpc) is 2.96. The van der Waals surface area contributed by atoms with E-state index >= 15 is 0 Å². The van der Waals surface area contributed by atoms with Gasteiger partial charge in [0, 0.05) is 11.5 Å². The monoisotopic (exact) mass is 706 g/mol. The van der Waals surface area contributed by atoms with E-state index in [1.807, 2.05) is 0 Å². The Bertz CT molecular complexity index is 696. The van der Waals surface area contributed by atoms with Crippen LogP contribution in [0.3, 0.4) is 0 Å². The van der Waals surface area contributed by atoms with Crippen LogP contribution in [0.2, 0.25) is 0 Å². The molecule has 0 heterocycles. The molecule has 0 aromatic heterocycles. The van der Waals surface area contributed by atoms with Gasteiger partial charge in [-0.3, -0.25) is 0 Å². The number of rotatable bonds is 34. The second-order valence-corrected chi connectivity index (χ2v) is 16.2. The van der Waals surface area contributed by atoms with Crippen LogP contribution in [0.1, 0.15) is 219 Å². The summed E-state index contributed by atoms with van der Waals surface area (Å²) in [5.74, 6) is -0.378. The second-order valence-electron chi connectivity index (χ2n) is 13.1. The zero-order valence-electron chi connectivity index (χ0n) is 30.0. The Morgan fingerprint density at radius 3 is 0.556 bits per heavy atom. The van der Waals surface area contributed by atoms with E-state index in [1.165, 1.54) is 167 Å². The van der Waals surface area contributed by atoms with Crippen molar-refractivity contribution in [3.05, 3.63) is 0 Å². The van der Waals surface area contributed by atoms with Crippen molar-refractivity contribution in [1.82, 2.24) is 0 Å². The minimum Gasteiger partial charge on any atom is -0.748 e. The predicted octanol–water partition coefficient (Wildman–Crippen LogP) is 11.2. The fourth-order valence-corrected chi connectivity index (χ4v) is 6.77. The summed E-state index contributed by atoms with van der Waals surface area (Å²) in [5.41, 5.74) is 0. The van der Waals surface area contributed by atoms with Gasteiger partial charge in [0.2, 0.25) is 0 Å². The molecule has 0 radical (unpaired) electrons. The third-order valence-electron chi connectivity index (χ3n) is 8.50. The van der Waals surface area contributed by atoms with Crippen molar-refractivity contribution < 1.29 is 25.9 Å². The van der Waals surface area contributed by atoms with Gasteiger partial charge >= 0.3 is 37.7 Å². The van der Waals surface area contributed by atoms with Crippen LogP contribution in [-0.2, 0) is 20.2 Å². The number of hydrogen-bond donors (Lipinski definition) is 0. The molecule has 0 aliphatic heterocycles. The van der Waals surface area contributed by atoms with Gasteiger partial charge in [-0.25, -0.2) is 16.8 Å². The summed E-state index contributed by atoms with van der Waals surface area (Å²) in [5, 5.41) is 0. The molecule has 0 unspecified atom stereocenters. The molecule has 6 nitrogen and oxygen atoms in total. The normalized spacial score (nSPS) is 11.6. The van der Waals surface area contributed by atoms with E-state index in [9.17, 15) is 25.9 Å². The maximum Gasteiger partial charge on any atom is 2.00 e. The fraction of sp³-hybridized carbons (Fsp3) is 1.00. The van der Waals surface area contributed by atoms with E-state index in [0.29, 0.717) is 12.8 Å². The molecule has 0 aliphatic carbocycles.